The molecule has 1 atom stereocenters. The molecule has 1 heterocycles. The van der Waals surface area contributed by atoms with E-state index in [-0.39, 0.29) is 11.4 Å². The van der Waals surface area contributed by atoms with Crippen molar-refractivity contribution in [3.05, 3.63) is 0 Å². The van der Waals surface area contributed by atoms with Crippen LogP contribution in [0, 0.1) is 11.3 Å². The highest BCUT2D eigenvalue weighted by Gasteiger charge is 2.44. The van der Waals surface area contributed by atoms with Gasteiger partial charge in [-0.2, -0.15) is 0 Å². The number of hydrogen-bond acceptors (Lipinski definition) is 2. The molecular weight excluding hydrogens is 244 g/mol. The fourth-order valence-corrected chi connectivity index (χ4v) is 2.65. The van der Waals surface area contributed by atoms with Gasteiger partial charge in [-0.25, -0.2) is 9.59 Å². The maximum absolute atomic E-state index is 12.1. The summed E-state index contributed by atoms with van der Waals surface area (Å²) >= 11 is 0. The molecule has 0 radical (unpaired) electrons. The molecule has 1 unspecified atom stereocenters. The summed E-state index contributed by atoms with van der Waals surface area (Å²) in [6, 6.07) is -0.985. The van der Waals surface area contributed by atoms with Crippen molar-refractivity contribution in [2.75, 3.05) is 13.1 Å². The SMILES string of the molecule is CC(C)CCNC(=O)N1CCCC(C)(C)C1C(=O)O. The number of piperidine rings is 1. The zero-order valence-corrected chi connectivity index (χ0v) is 12.4. The highest BCUT2D eigenvalue weighted by Crippen LogP contribution is 2.35. The number of hydrogen-bond donors (Lipinski definition) is 2. The Morgan fingerprint density at radius 1 is 1.42 bits per heavy atom. The Labute approximate surface area is 115 Å². The van der Waals surface area contributed by atoms with Crippen LogP contribution >= 0.6 is 0 Å². The number of urea groups is 1. The summed E-state index contributed by atoms with van der Waals surface area (Å²) in [5, 5.41) is 12.2. The van der Waals surface area contributed by atoms with Crippen molar-refractivity contribution in [3.63, 3.8) is 0 Å². The molecule has 0 bridgehead atoms. The van der Waals surface area contributed by atoms with Gasteiger partial charge in [0, 0.05) is 13.1 Å². The van der Waals surface area contributed by atoms with E-state index in [9.17, 15) is 14.7 Å². The van der Waals surface area contributed by atoms with Gasteiger partial charge in [0.15, 0.2) is 0 Å². The molecule has 5 heteroatoms. The van der Waals surface area contributed by atoms with Crippen molar-refractivity contribution in [1.29, 1.82) is 0 Å². The first kappa shape index (κ1) is 15.8. The monoisotopic (exact) mass is 270 g/mol. The lowest BCUT2D eigenvalue weighted by Gasteiger charge is -2.43. The van der Waals surface area contributed by atoms with Gasteiger partial charge in [-0.15, -0.1) is 0 Å². The standard InChI is InChI=1S/C14H26N2O3/c1-10(2)6-8-15-13(19)16-9-5-7-14(3,4)11(16)12(17)18/h10-11H,5-9H2,1-4H3,(H,15,19)(H,17,18). The van der Waals surface area contributed by atoms with Crippen molar-refractivity contribution >= 4 is 12.0 Å². The lowest BCUT2D eigenvalue weighted by Crippen LogP contribution is -2.58. The average molecular weight is 270 g/mol. The van der Waals surface area contributed by atoms with Crippen LogP contribution in [0.25, 0.3) is 0 Å². The highest BCUT2D eigenvalue weighted by atomic mass is 16.4. The molecule has 0 spiro atoms. The number of likely N-dealkylation sites (tertiary alicyclic amines) is 1. The molecule has 110 valence electrons. The summed E-state index contributed by atoms with van der Waals surface area (Å²) < 4.78 is 0. The topological polar surface area (TPSA) is 69.6 Å². The van der Waals surface area contributed by atoms with Crippen molar-refractivity contribution in [2.24, 2.45) is 11.3 Å². The summed E-state index contributed by atoms with van der Waals surface area (Å²) in [4.78, 5) is 25.1. The molecule has 0 aromatic heterocycles. The summed E-state index contributed by atoms with van der Waals surface area (Å²) in [6.07, 6.45) is 2.59. The van der Waals surface area contributed by atoms with Gasteiger partial charge in [0.2, 0.25) is 0 Å². The van der Waals surface area contributed by atoms with E-state index >= 15 is 0 Å². The van der Waals surface area contributed by atoms with E-state index in [4.69, 9.17) is 0 Å². The van der Waals surface area contributed by atoms with E-state index in [0.29, 0.717) is 19.0 Å². The number of carboxylic acids is 1. The van der Waals surface area contributed by atoms with Crippen molar-refractivity contribution in [2.45, 2.75) is 53.0 Å². The predicted octanol–water partition coefficient (Wildman–Crippen LogP) is 2.32. The maximum atomic E-state index is 12.1. The lowest BCUT2D eigenvalue weighted by molar-refractivity contribution is -0.148. The number of carbonyl (C=O) groups excluding carboxylic acids is 1. The van der Waals surface area contributed by atoms with E-state index < -0.39 is 12.0 Å². The van der Waals surface area contributed by atoms with Crippen LogP contribution in [0.4, 0.5) is 4.79 Å². The summed E-state index contributed by atoms with van der Waals surface area (Å²) in [7, 11) is 0. The molecule has 2 N–H and O–H groups in total. The molecule has 1 saturated heterocycles. The predicted molar refractivity (Wildman–Crippen MR) is 74.0 cm³/mol. The minimum Gasteiger partial charge on any atom is -0.480 e. The Morgan fingerprint density at radius 3 is 2.58 bits per heavy atom. The van der Waals surface area contributed by atoms with Crippen LogP contribution in [0.15, 0.2) is 0 Å². The molecule has 19 heavy (non-hydrogen) atoms. The molecule has 1 rings (SSSR count). The van der Waals surface area contributed by atoms with Gasteiger partial charge in [0.05, 0.1) is 0 Å². The van der Waals surface area contributed by atoms with E-state index in [0.717, 1.165) is 19.3 Å². The molecule has 0 aromatic rings. The Morgan fingerprint density at radius 2 is 2.05 bits per heavy atom. The number of nitrogens with zero attached hydrogens (tertiary/aromatic N) is 1. The quantitative estimate of drug-likeness (QED) is 0.823. The smallest absolute Gasteiger partial charge is 0.327 e. The summed E-state index contributed by atoms with van der Waals surface area (Å²) in [6.45, 7) is 9.14. The molecular formula is C14H26N2O3. The molecule has 1 aliphatic heterocycles. The van der Waals surface area contributed by atoms with Crippen molar-refractivity contribution in [1.82, 2.24) is 10.2 Å². The third-order valence-corrected chi connectivity index (χ3v) is 3.76. The van der Waals surface area contributed by atoms with Gasteiger partial charge in [-0.3, -0.25) is 0 Å². The number of carbonyl (C=O) groups is 2. The molecule has 1 aliphatic rings. The highest BCUT2D eigenvalue weighted by molar-refractivity contribution is 5.83. The molecule has 1 fully saturated rings. The van der Waals surface area contributed by atoms with Crippen LogP contribution in [0.3, 0.4) is 0 Å². The van der Waals surface area contributed by atoms with E-state index in [1.54, 1.807) is 0 Å². The minimum atomic E-state index is -0.913. The fourth-order valence-electron chi connectivity index (χ4n) is 2.65. The third-order valence-electron chi connectivity index (χ3n) is 3.76. The van der Waals surface area contributed by atoms with Crippen LogP contribution in [-0.2, 0) is 4.79 Å². The zero-order chi connectivity index (χ0) is 14.6. The van der Waals surface area contributed by atoms with Crippen molar-refractivity contribution < 1.29 is 14.7 Å². The van der Waals surface area contributed by atoms with Gasteiger partial charge >= 0.3 is 12.0 Å². The second-order valence-corrected chi connectivity index (χ2v) is 6.44. The fraction of sp³-hybridized carbons (Fsp3) is 0.857. The molecule has 2 amide bonds. The zero-order valence-electron chi connectivity index (χ0n) is 12.4. The van der Waals surface area contributed by atoms with E-state index in [1.807, 2.05) is 13.8 Å². The first-order valence-corrected chi connectivity index (χ1v) is 7.03. The molecule has 0 aliphatic carbocycles. The Bertz CT molecular complexity index is 340. The summed E-state index contributed by atoms with van der Waals surface area (Å²) in [5.41, 5.74) is -0.376. The van der Waals surface area contributed by atoms with E-state index in [1.165, 1.54) is 4.90 Å². The first-order valence-electron chi connectivity index (χ1n) is 7.03. The van der Waals surface area contributed by atoms with E-state index in [2.05, 4.69) is 19.2 Å². The van der Waals surface area contributed by atoms with Crippen LogP contribution in [0.1, 0.15) is 47.0 Å². The van der Waals surface area contributed by atoms with Crippen LogP contribution in [0.5, 0.6) is 0 Å². The average Bonchev–Trinajstić information content (AvgIpc) is 2.25. The Hall–Kier alpha value is -1.26. The molecule has 5 nitrogen and oxygen atoms in total. The number of rotatable bonds is 4. The summed E-state index contributed by atoms with van der Waals surface area (Å²) in [5.74, 6) is -0.392. The number of nitrogens with one attached hydrogen (secondary N) is 1. The van der Waals surface area contributed by atoms with Gasteiger partial charge in [0.25, 0.3) is 0 Å². The first-order chi connectivity index (χ1) is 8.75. The second kappa shape index (κ2) is 6.26. The van der Waals surface area contributed by atoms with Crippen LogP contribution < -0.4 is 5.32 Å². The van der Waals surface area contributed by atoms with Gasteiger partial charge < -0.3 is 15.3 Å². The Kier molecular flexibility index (Phi) is 5.20. The van der Waals surface area contributed by atoms with Gasteiger partial charge in [0.1, 0.15) is 6.04 Å². The Balaban J connectivity index is 2.68. The second-order valence-electron chi connectivity index (χ2n) is 6.44. The maximum Gasteiger partial charge on any atom is 0.327 e. The largest absolute Gasteiger partial charge is 0.480 e. The van der Waals surface area contributed by atoms with Gasteiger partial charge in [-0.1, -0.05) is 27.7 Å². The van der Waals surface area contributed by atoms with Crippen molar-refractivity contribution in [3.8, 4) is 0 Å². The third kappa shape index (κ3) is 4.11. The molecule has 0 saturated carbocycles. The minimum absolute atomic E-state index is 0.249. The number of carboxylic acid groups (broad SMARTS) is 1. The normalized spacial score (nSPS) is 22.4. The number of amides is 2. The molecule has 0 aromatic carbocycles. The van der Waals surface area contributed by atoms with Crippen LogP contribution in [0.2, 0.25) is 0 Å². The van der Waals surface area contributed by atoms with Crippen LogP contribution in [-0.4, -0.2) is 41.1 Å². The lowest BCUT2D eigenvalue weighted by atomic mass is 9.76. The number of aliphatic carboxylic acids is 1. The van der Waals surface area contributed by atoms with Gasteiger partial charge in [-0.05, 0) is 30.6 Å².